The maximum atomic E-state index is 10.5. The number of ether oxygens (including phenoxy) is 3. The summed E-state index contributed by atoms with van der Waals surface area (Å²) in [6.45, 7) is 15.3. The molecule has 2 heterocycles. The van der Waals surface area contributed by atoms with Crippen molar-refractivity contribution in [3.63, 3.8) is 0 Å². The van der Waals surface area contributed by atoms with E-state index in [1.165, 1.54) is 11.8 Å². The van der Waals surface area contributed by atoms with Gasteiger partial charge in [0.1, 0.15) is 29.9 Å². The number of aliphatic hydroxyl groups excluding tert-OH is 1. The summed E-state index contributed by atoms with van der Waals surface area (Å²) in [5, 5.41) is 10.6. The van der Waals surface area contributed by atoms with Crippen LogP contribution in [0.3, 0.4) is 0 Å². The highest BCUT2D eigenvalue weighted by molar-refractivity contribution is 7.99. The van der Waals surface area contributed by atoms with Crippen LogP contribution in [-0.2, 0) is 18.6 Å². The summed E-state index contributed by atoms with van der Waals surface area (Å²) in [5.41, 5.74) is -0.318. The highest BCUT2D eigenvalue weighted by atomic mass is 32.2. The summed E-state index contributed by atoms with van der Waals surface area (Å²) < 4.78 is 24.3. The van der Waals surface area contributed by atoms with Crippen LogP contribution in [0.15, 0.2) is 0 Å². The molecular weight excluding hydrogens is 332 g/mol. The number of hydrogen-bond donors (Lipinski definition) is 1. The standard InChI is InChI=1S/C16H32O5SSi/c1-15(2,3)23(7,8)18-9-10-12-13(21-16(4,5)20-12)11(17)14(19-10)22-6/h10-14,17H,9H2,1-8H3/t10-,11-,12+,13-,14+/m1/s1. The lowest BCUT2D eigenvalue weighted by molar-refractivity contribution is -0.166. The maximum Gasteiger partial charge on any atom is 0.192 e. The van der Waals surface area contributed by atoms with Gasteiger partial charge in [0.05, 0.1) is 6.61 Å². The number of hydrogen-bond acceptors (Lipinski definition) is 6. The monoisotopic (exact) mass is 364 g/mol. The molecule has 0 unspecified atom stereocenters. The minimum absolute atomic E-state index is 0.145. The van der Waals surface area contributed by atoms with E-state index >= 15 is 0 Å². The molecule has 0 aliphatic carbocycles. The molecule has 5 nitrogen and oxygen atoms in total. The van der Waals surface area contributed by atoms with Crippen LogP contribution >= 0.6 is 11.8 Å². The Morgan fingerprint density at radius 2 is 1.74 bits per heavy atom. The molecule has 0 spiro atoms. The molecule has 0 amide bonds. The SMILES string of the molecule is CS[C@@H]1O[C@H](CO[Si](C)(C)C(C)(C)C)[C@@H]2OC(C)(C)O[C@@H]2[C@H]1O. The van der Waals surface area contributed by atoms with Crippen molar-refractivity contribution < 1.29 is 23.7 Å². The van der Waals surface area contributed by atoms with Crippen LogP contribution in [0.1, 0.15) is 34.6 Å². The number of thioether (sulfide) groups is 1. The van der Waals surface area contributed by atoms with Crippen molar-refractivity contribution in [1.82, 2.24) is 0 Å². The fourth-order valence-electron chi connectivity index (χ4n) is 2.69. The van der Waals surface area contributed by atoms with Gasteiger partial charge < -0.3 is 23.7 Å². The maximum absolute atomic E-state index is 10.5. The zero-order valence-corrected chi connectivity index (χ0v) is 17.4. The molecule has 0 aromatic rings. The van der Waals surface area contributed by atoms with E-state index in [0.717, 1.165) is 0 Å². The number of fused-ring (bicyclic) bond motifs is 1. The van der Waals surface area contributed by atoms with Crippen LogP contribution in [0.25, 0.3) is 0 Å². The summed E-state index contributed by atoms with van der Waals surface area (Å²) in [6, 6.07) is 0. The second-order valence-electron chi connectivity index (χ2n) is 8.41. The molecular formula is C16H32O5SSi. The Labute approximate surface area is 145 Å². The van der Waals surface area contributed by atoms with E-state index in [1.54, 1.807) is 0 Å². The van der Waals surface area contributed by atoms with Gasteiger partial charge in [0.2, 0.25) is 0 Å². The molecule has 136 valence electrons. The van der Waals surface area contributed by atoms with Crippen molar-refractivity contribution in [3.8, 4) is 0 Å². The zero-order valence-electron chi connectivity index (χ0n) is 15.6. The zero-order chi connectivity index (χ0) is 17.6. The molecule has 2 fully saturated rings. The van der Waals surface area contributed by atoms with Gasteiger partial charge in [-0.05, 0) is 38.2 Å². The second kappa shape index (κ2) is 6.59. The first kappa shape index (κ1) is 19.7. The van der Waals surface area contributed by atoms with Gasteiger partial charge in [-0.2, -0.15) is 0 Å². The normalized spacial score (nSPS) is 37.7. The second-order valence-corrected chi connectivity index (χ2v) is 14.2. The van der Waals surface area contributed by atoms with Gasteiger partial charge in [0.15, 0.2) is 14.1 Å². The van der Waals surface area contributed by atoms with Crippen LogP contribution < -0.4 is 0 Å². The highest BCUT2D eigenvalue weighted by Gasteiger charge is 2.55. The summed E-state index contributed by atoms with van der Waals surface area (Å²) in [6.07, 6.45) is 0.344. The van der Waals surface area contributed by atoms with E-state index in [1.807, 2.05) is 20.1 Å². The third kappa shape index (κ3) is 4.14. The Bertz CT molecular complexity index is 423. The minimum atomic E-state index is -1.86. The third-order valence-electron chi connectivity index (χ3n) is 5.10. The van der Waals surface area contributed by atoms with E-state index < -0.39 is 20.2 Å². The lowest BCUT2D eigenvalue weighted by Crippen LogP contribution is -2.57. The van der Waals surface area contributed by atoms with Gasteiger partial charge in [-0.3, -0.25) is 0 Å². The van der Waals surface area contributed by atoms with Gasteiger partial charge in [-0.25, -0.2) is 0 Å². The molecule has 0 radical (unpaired) electrons. The summed E-state index contributed by atoms with van der Waals surface area (Å²) in [4.78, 5) is 0. The topological polar surface area (TPSA) is 57.2 Å². The Morgan fingerprint density at radius 1 is 1.17 bits per heavy atom. The first-order valence-corrected chi connectivity index (χ1v) is 12.4. The van der Waals surface area contributed by atoms with E-state index in [4.69, 9.17) is 18.6 Å². The first-order chi connectivity index (χ1) is 10.4. The third-order valence-corrected chi connectivity index (χ3v) is 10.5. The molecule has 0 saturated carbocycles. The van der Waals surface area contributed by atoms with Gasteiger partial charge >= 0.3 is 0 Å². The molecule has 7 heteroatoms. The van der Waals surface area contributed by atoms with E-state index in [-0.39, 0.29) is 28.8 Å². The van der Waals surface area contributed by atoms with Crippen molar-refractivity contribution in [2.24, 2.45) is 0 Å². The number of aliphatic hydroxyl groups is 1. The lowest BCUT2D eigenvalue weighted by atomic mass is 10.0. The number of rotatable bonds is 4. The summed E-state index contributed by atoms with van der Waals surface area (Å²) >= 11 is 1.49. The molecule has 2 saturated heterocycles. The Kier molecular flexibility index (Phi) is 5.64. The minimum Gasteiger partial charge on any atom is -0.414 e. The predicted octanol–water partition coefficient (Wildman–Crippen LogP) is 2.98. The van der Waals surface area contributed by atoms with E-state index in [2.05, 4.69) is 33.9 Å². The molecule has 2 aliphatic rings. The van der Waals surface area contributed by atoms with Crippen LogP contribution in [0.2, 0.25) is 18.1 Å². The van der Waals surface area contributed by atoms with Gasteiger partial charge in [-0.15, -0.1) is 11.8 Å². The lowest BCUT2D eigenvalue weighted by Gasteiger charge is -2.42. The molecule has 5 atom stereocenters. The quantitative estimate of drug-likeness (QED) is 0.774. The van der Waals surface area contributed by atoms with Gasteiger partial charge in [-0.1, -0.05) is 20.8 Å². The predicted molar refractivity (Wildman–Crippen MR) is 95.2 cm³/mol. The van der Waals surface area contributed by atoms with Crippen molar-refractivity contribution in [1.29, 1.82) is 0 Å². The van der Waals surface area contributed by atoms with Crippen molar-refractivity contribution in [3.05, 3.63) is 0 Å². The average molecular weight is 365 g/mol. The van der Waals surface area contributed by atoms with E-state index in [0.29, 0.717) is 6.61 Å². The van der Waals surface area contributed by atoms with Crippen molar-refractivity contribution >= 4 is 20.1 Å². The Morgan fingerprint density at radius 3 is 2.26 bits per heavy atom. The molecule has 0 aromatic carbocycles. The highest BCUT2D eigenvalue weighted by Crippen LogP contribution is 2.41. The summed E-state index contributed by atoms with van der Waals surface area (Å²) in [7, 11) is -1.86. The molecule has 0 bridgehead atoms. The van der Waals surface area contributed by atoms with E-state index in [9.17, 15) is 5.11 Å². The fraction of sp³-hybridized carbons (Fsp3) is 1.00. The van der Waals surface area contributed by atoms with Crippen LogP contribution in [0.4, 0.5) is 0 Å². The van der Waals surface area contributed by atoms with Crippen LogP contribution in [0, 0.1) is 0 Å². The largest absolute Gasteiger partial charge is 0.414 e. The van der Waals surface area contributed by atoms with Gasteiger partial charge in [0.25, 0.3) is 0 Å². The smallest absolute Gasteiger partial charge is 0.192 e. The molecule has 1 N–H and O–H groups in total. The van der Waals surface area contributed by atoms with Crippen molar-refractivity contribution in [2.45, 2.75) is 88.4 Å². The first-order valence-electron chi connectivity index (χ1n) is 8.24. The molecule has 23 heavy (non-hydrogen) atoms. The van der Waals surface area contributed by atoms with Crippen molar-refractivity contribution in [2.75, 3.05) is 12.9 Å². The Balaban J connectivity index is 2.11. The molecule has 2 rings (SSSR count). The van der Waals surface area contributed by atoms with Crippen LogP contribution in [0.5, 0.6) is 0 Å². The summed E-state index contributed by atoms with van der Waals surface area (Å²) in [5.74, 6) is -0.706. The molecule has 0 aromatic heterocycles. The Hall–Kier alpha value is 0.367. The fourth-order valence-corrected chi connectivity index (χ4v) is 4.39. The van der Waals surface area contributed by atoms with Gasteiger partial charge in [0, 0.05) is 0 Å². The average Bonchev–Trinajstić information content (AvgIpc) is 2.73. The molecule has 2 aliphatic heterocycles. The van der Waals surface area contributed by atoms with Crippen LogP contribution in [-0.4, -0.2) is 61.9 Å².